The molecular formula is C13H24BrNO2. The topological polar surface area (TPSA) is 38.3 Å². The summed E-state index contributed by atoms with van der Waals surface area (Å²) in [5, 5.41) is 3.31. The second kappa shape index (κ2) is 8.09. The minimum absolute atomic E-state index is 0.205. The van der Waals surface area contributed by atoms with Crippen molar-refractivity contribution in [3.8, 4) is 0 Å². The minimum atomic E-state index is -0.223. The Morgan fingerprint density at radius 3 is 2.65 bits per heavy atom. The van der Waals surface area contributed by atoms with Gasteiger partial charge in [-0.1, -0.05) is 48.5 Å². The van der Waals surface area contributed by atoms with E-state index in [2.05, 4.69) is 32.9 Å². The van der Waals surface area contributed by atoms with Gasteiger partial charge in [-0.3, -0.25) is 4.79 Å². The molecule has 0 heterocycles. The van der Waals surface area contributed by atoms with Crippen LogP contribution < -0.4 is 5.32 Å². The number of carbonyl (C=O) groups is 1. The summed E-state index contributed by atoms with van der Waals surface area (Å²) in [4.78, 5) is 10.9. The molecule has 1 unspecified atom stereocenters. The van der Waals surface area contributed by atoms with E-state index in [9.17, 15) is 4.79 Å². The van der Waals surface area contributed by atoms with Gasteiger partial charge in [-0.25, -0.2) is 0 Å². The summed E-state index contributed by atoms with van der Waals surface area (Å²) >= 11 is 3.30. The van der Waals surface area contributed by atoms with Gasteiger partial charge in [0.15, 0.2) is 0 Å². The van der Waals surface area contributed by atoms with Crippen molar-refractivity contribution < 1.29 is 9.53 Å². The molecule has 1 aliphatic rings. The second-order valence-corrected chi connectivity index (χ2v) is 6.21. The molecule has 0 radical (unpaired) electrons. The number of methoxy groups -OCH3 is 1. The van der Waals surface area contributed by atoms with E-state index in [1.807, 2.05) is 0 Å². The summed E-state index contributed by atoms with van der Waals surface area (Å²) in [6, 6.07) is 0. The van der Waals surface area contributed by atoms with Gasteiger partial charge in [-0.2, -0.15) is 0 Å². The Labute approximate surface area is 113 Å². The molecule has 17 heavy (non-hydrogen) atoms. The Kier molecular flexibility index (Phi) is 7.12. The average molecular weight is 306 g/mol. The fourth-order valence-electron chi connectivity index (χ4n) is 2.36. The summed E-state index contributed by atoms with van der Waals surface area (Å²) in [7, 11) is 1.42. The maximum absolute atomic E-state index is 11.1. The highest BCUT2D eigenvalue weighted by Crippen LogP contribution is 2.29. The van der Waals surface area contributed by atoms with Crippen molar-refractivity contribution in [3.63, 3.8) is 0 Å². The van der Waals surface area contributed by atoms with Gasteiger partial charge < -0.3 is 10.1 Å². The van der Waals surface area contributed by atoms with Gasteiger partial charge in [0.05, 0.1) is 7.11 Å². The lowest BCUT2D eigenvalue weighted by molar-refractivity contribution is -0.139. The van der Waals surface area contributed by atoms with E-state index in [1.54, 1.807) is 0 Å². The van der Waals surface area contributed by atoms with Gasteiger partial charge >= 0.3 is 5.97 Å². The molecule has 1 aliphatic carbocycles. The van der Waals surface area contributed by atoms with Crippen molar-refractivity contribution >= 4 is 21.9 Å². The number of rotatable bonds is 6. The summed E-state index contributed by atoms with van der Waals surface area (Å²) in [5.41, 5.74) is 0. The summed E-state index contributed by atoms with van der Waals surface area (Å²) in [5.74, 6) is 1.60. The molecule has 0 aromatic heterocycles. The molecule has 0 aliphatic heterocycles. The molecule has 1 fully saturated rings. The maximum Gasteiger partial charge on any atom is 0.320 e. The first-order valence-corrected chi connectivity index (χ1v) is 7.47. The van der Waals surface area contributed by atoms with Crippen LogP contribution in [-0.4, -0.2) is 31.0 Å². The Morgan fingerprint density at radius 2 is 2.06 bits per heavy atom. The van der Waals surface area contributed by atoms with Crippen LogP contribution in [0.3, 0.4) is 0 Å². The van der Waals surface area contributed by atoms with Crippen molar-refractivity contribution in [1.82, 2.24) is 5.32 Å². The Hall–Kier alpha value is -0.0900. The number of halogens is 1. The lowest BCUT2D eigenvalue weighted by Crippen LogP contribution is -2.31. The predicted octanol–water partition coefficient (Wildman–Crippen LogP) is 2.73. The molecule has 0 amide bonds. The average Bonchev–Trinajstić information content (AvgIpc) is 2.35. The molecular weight excluding hydrogens is 282 g/mol. The number of alkyl halides is 1. The van der Waals surface area contributed by atoms with E-state index in [1.165, 1.54) is 39.2 Å². The quantitative estimate of drug-likeness (QED) is 0.466. The third-order valence-corrected chi connectivity index (χ3v) is 4.34. The first kappa shape index (κ1) is 15.0. The number of hydrogen-bond acceptors (Lipinski definition) is 3. The highest BCUT2D eigenvalue weighted by atomic mass is 79.9. The van der Waals surface area contributed by atoms with Gasteiger partial charge in [-0.15, -0.1) is 0 Å². The number of ether oxygens (including phenoxy) is 1. The van der Waals surface area contributed by atoms with Crippen LogP contribution in [0.2, 0.25) is 0 Å². The number of esters is 1. The standard InChI is InChI=1S/C13H24BrNO2/c1-10-3-5-11(6-4-10)7-8-15-9-12(14)13(16)17-2/h10-12,15H,3-9H2,1-2H3. The van der Waals surface area contributed by atoms with Crippen LogP contribution >= 0.6 is 15.9 Å². The van der Waals surface area contributed by atoms with Crippen molar-refractivity contribution in [2.24, 2.45) is 11.8 Å². The maximum atomic E-state index is 11.1. The van der Waals surface area contributed by atoms with E-state index in [0.717, 1.165) is 18.4 Å². The molecule has 0 aromatic rings. The zero-order valence-corrected chi connectivity index (χ0v) is 12.5. The smallest absolute Gasteiger partial charge is 0.320 e. The van der Waals surface area contributed by atoms with Gasteiger partial charge in [0.2, 0.25) is 0 Å². The van der Waals surface area contributed by atoms with Crippen LogP contribution in [0.4, 0.5) is 0 Å². The third kappa shape index (κ3) is 5.87. The first-order valence-electron chi connectivity index (χ1n) is 6.56. The summed E-state index contributed by atoms with van der Waals surface area (Å²) in [6.45, 7) is 3.99. The van der Waals surface area contributed by atoms with Crippen LogP contribution in [0.25, 0.3) is 0 Å². The number of carbonyl (C=O) groups excluding carboxylic acids is 1. The highest BCUT2D eigenvalue weighted by molar-refractivity contribution is 9.10. The van der Waals surface area contributed by atoms with Crippen molar-refractivity contribution in [2.45, 2.75) is 43.9 Å². The van der Waals surface area contributed by atoms with Crippen LogP contribution in [0.15, 0.2) is 0 Å². The molecule has 100 valence electrons. The van der Waals surface area contributed by atoms with Gasteiger partial charge in [0, 0.05) is 6.54 Å². The second-order valence-electron chi connectivity index (χ2n) is 5.11. The SMILES string of the molecule is COC(=O)C(Br)CNCCC1CCC(C)CC1. The molecule has 1 saturated carbocycles. The zero-order valence-electron chi connectivity index (χ0n) is 10.9. The molecule has 0 aromatic carbocycles. The van der Waals surface area contributed by atoms with E-state index in [4.69, 9.17) is 0 Å². The molecule has 3 nitrogen and oxygen atoms in total. The molecule has 0 saturated heterocycles. The van der Waals surface area contributed by atoms with Crippen LogP contribution in [0, 0.1) is 11.8 Å². The summed E-state index contributed by atoms with van der Waals surface area (Å²) < 4.78 is 4.64. The molecule has 0 bridgehead atoms. The summed E-state index contributed by atoms with van der Waals surface area (Å²) in [6.07, 6.45) is 6.74. The molecule has 0 spiro atoms. The monoisotopic (exact) mass is 305 g/mol. The zero-order chi connectivity index (χ0) is 12.7. The highest BCUT2D eigenvalue weighted by Gasteiger charge is 2.18. The third-order valence-electron chi connectivity index (χ3n) is 3.65. The molecule has 4 heteroatoms. The Bertz CT molecular complexity index is 227. The fraction of sp³-hybridized carbons (Fsp3) is 0.923. The molecule has 1 rings (SSSR count). The lowest BCUT2D eigenvalue weighted by atomic mass is 9.81. The molecule has 1 atom stereocenters. The normalized spacial score (nSPS) is 26.5. The van der Waals surface area contributed by atoms with Crippen LogP contribution in [0.5, 0.6) is 0 Å². The van der Waals surface area contributed by atoms with Crippen molar-refractivity contribution in [3.05, 3.63) is 0 Å². The van der Waals surface area contributed by atoms with E-state index in [-0.39, 0.29) is 10.8 Å². The minimum Gasteiger partial charge on any atom is -0.468 e. The molecule has 1 N–H and O–H groups in total. The Balaban J connectivity index is 2.02. The van der Waals surface area contributed by atoms with Gasteiger partial charge in [0.1, 0.15) is 4.83 Å². The van der Waals surface area contributed by atoms with Crippen molar-refractivity contribution in [2.75, 3.05) is 20.2 Å². The number of hydrogen-bond donors (Lipinski definition) is 1. The van der Waals surface area contributed by atoms with Crippen LogP contribution in [-0.2, 0) is 9.53 Å². The predicted molar refractivity (Wildman–Crippen MR) is 73.3 cm³/mol. The lowest BCUT2D eigenvalue weighted by Gasteiger charge is -2.26. The van der Waals surface area contributed by atoms with Crippen LogP contribution in [0.1, 0.15) is 39.0 Å². The van der Waals surface area contributed by atoms with Gasteiger partial charge in [-0.05, 0) is 24.8 Å². The van der Waals surface area contributed by atoms with Crippen molar-refractivity contribution in [1.29, 1.82) is 0 Å². The first-order chi connectivity index (χ1) is 8.13. The number of nitrogens with one attached hydrogen (secondary N) is 1. The fourth-order valence-corrected chi connectivity index (χ4v) is 2.78. The van der Waals surface area contributed by atoms with E-state index in [0.29, 0.717) is 6.54 Å². The van der Waals surface area contributed by atoms with E-state index >= 15 is 0 Å². The largest absolute Gasteiger partial charge is 0.468 e. The van der Waals surface area contributed by atoms with E-state index < -0.39 is 0 Å². The van der Waals surface area contributed by atoms with Gasteiger partial charge in [0.25, 0.3) is 0 Å². The Morgan fingerprint density at radius 1 is 1.41 bits per heavy atom.